The molecule has 116 valence electrons. The molecule has 0 amide bonds. The number of aliphatic hydroxyl groups is 1. The molecule has 0 saturated heterocycles. The van der Waals surface area contributed by atoms with Gasteiger partial charge in [-0.25, -0.2) is 19.9 Å². The van der Waals surface area contributed by atoms with Gasteiger partial charge in [0, 0.05) is 24.5 Å². The van der Waals surface area contributed by atoms with Crippen molar-refractivity contribution in [1.82, 2.24) is 19.9 Å². The third kappa shape index (κ3) is 3.67. The van der Waals surface area contributed by atoms with Gasteiger partial charge in [-0.3, -0.25) is 0 Å². The second-order valence-corrected chi connectivity index (χ2v) is 5.73. The molecule has 7 heteroatoms. The van der Waals surface area contributed by atoms with Gasteiger partial charge >= 0.3 is 0 Å². The number of anilines is 2. The van der Waals surface area contributed by atoms with E-state index in [1.54, 1.807) is 19.3 Å². The Hall–Kier alpha value is -2.28. The zero-order valence-electron chi connectivity index (χ0n) is 12.5. The van der Waals surface area contributed by atoms with Gasteiger partial charge in [0.1, 0.15) is 0 Å². The Bertz CT molecular complexity index is 656. The van der Waals surface area contributed by atoms with Crippen LogP contribution >= 0.6 is 0 Å². The zero-order chi connectivity index (χ0) is 15.5. The molecule has 4 N–H and O–H groups in total. The monoisotopic (exact) mass is 300 g/mol. The molecule has 0 aromatic carbocycles. The molecule has 1 atom stereocenters. The van der Waals surface area contributed by atoms with Gasteiger partial charge < -0.3 is 16.2 Å². The molecule has 1 aliphatic carbocycles. The first-order chi connectivity index (χ1) is 10.6. The molecule has 1 aliphatic rings. The summed E-state index contributed by atoms with van der Waals surface area (Å²) in [7, 11) is 0. The number of hydrogen-bond acceptors (Lipinski definition) is 7. The van der Waals surface area contributed by atoms with Crippen LogP contribution in [0.2, 0.25) is 0 Å². The summed E-state index contributed by atoms with van der Waals surface area (Å²) in [5.41, 5.74) is 8.26. The minimum Gasteiger partial charge on any atom is -0.392 e. The predicted molar refractivity (Wildman–Crippen MR) is 84.1 cm³/mol. The van der Waals surface area contributed by atoms with Crippen molar-refractivity contribution < 1.29 is 5.11 Å². The van der Waals surface area contributed by atoms with Crippen LogP contribution in [0.4, 0.5) is 11.9 Å². The highest BCUT2D eigenvalue weighted by Gasteiger charge is 2.24. The molecule has 1 unspecified atom stereocenters. The second-order valence-electron chi connectivity index (χ2n) is 5.73. The van der Waals surface area contributed by atoms with Gasteiger partial charge in [0.15, 0.2) is 0 Å². The fourth-order valence-corrected chi connectivity index (χ4v) is 2.23. The van der Waals surface area contributed by atoms with E-state index in [0.29, 0.717) is 18.4 Å². The number of nitrogens with zero attached hydrogens (tertiary/aromatic N) is 4. The second kappa shape index (κ2) is 6.23. The minimum atomic E-state index is -0.447. The van der Waals surface area contributed by atoms with E-state index in [1.165, 1.54) is 12.8 Å². The first-order valence-corrected chi connectivity index (χ1v) is 7.48. The van der Waals surface area contributed by atoms with Crippen LogP contribution in [0.1, 0.15) is 25.5 Å². The molecule has 2 aromatic heterocycles. The number of aliphatic hydroxyl groups excluding tert-OH is 1. The fourth-order valence-electron chi connectivity index (χ4n) is 2.23. The Balaban J connectivity index is 1.90. The number of hydrogen-bond donors (Lipinski definition) is 3. The van der Waals surface area contributed by atoms with Gasteiger partial charge in [-0.1, -0.05) is 0 Å². The molecule has 22 heavy (non-hydrogen) atoms. The van der Waals surface area contributed by atoms with Gasteiger partial charge in [-0.05, 0) is 38.2 Å². The first-order valence-electron chi connectivity index (χ1n) is 7.48. The van der Waals surface area contributed by atoms with Crippen molar-refractivity contribution in [2.24, 2.45) is 5.92 Å². The zero-order valence-corrected chi connectivity index (χ0v) is 12.5. The molecule has 1 fully saturated rings. The maximum Gasteiger partial charge on any atom is 0.222 e. The largest absolute Gasteiger partial charge is 0.392 e. The summed E-state index contributed by atoms with van der Waals surface area (Å²) < 4.78 is 0. The van der Waals surface area contributed by atoms with Crippen LogP contribution in [0.3, 0.4) is 0 Å². The van der Waals surface area contributed by atoms with Crippen molar-refractivity contribution in [1.29, 1.82) is 0 Å². The molecule has 0 bridgehead atoms. The quantitative estimate of drug-likeness (QED) is 0.736. The number of nitrogen functional groups attached to an aromatic ring is 1. The number of nitrogens with one attached hydrogen (secondary N) is 1. The highest BCUT2D eigenvalue weighted by molar-refractivity contribution is 5.62. The average Bonchev–Trinajstić information content (AvgIpc) is 3.29. The van der Waals surface area contributed by atoms with Crippen molar-refractivity contribution in [2.75, 3.05) is 17.6 Å². The third-order valence-electron chi connectivity index (χ3n) is 3.55. The van der Waals surface area contributed by atoms with Crippen LogP contribution in [0.5, 0.6) is 0 Å². The maximum atomic E-state index is 9.35. The lowest BCUT2D eigenvalue weighted by Gasteiger charge is -2.11. The lowest BCUT2D eigenvalue weighted by Crippen LogP contribution is -2.17. The highest BCUT2D eigenvalue weighted by Crippen LogP contribution is 2.34. The van der Waals surface area contributed by atoms with Gasteiger partial charge in [0.05, 0.1) is 17.5 Å². The lowest BCUT2D eigenvalue weighted by atomic mass is 10.1. The smallest absolute Gasteiger partial charge is 0.222 e. The summed E-state index contributed by atoms with van der Waals surface area (Å²) in [6.45, 7) is 2.14. The van der Waals surface area contributed by atoms with Gasteiger partial charge in [-0.2, -0.15) is 0 Å². The summed E-state index contributed by atoms with van der Waals surface area (Å²) in [5.74, 6) is 1.46. The van der Waals surface area contributed by atoms with Crippen LogP contribution < -0.4 is 11.1 Å². The molecule has 0 radical (unpaired) electrons. The Kier molecular flexibility index (Phi) is 4.15. The van der Waals surface area contributed by atoms with Crippen LogP contribution in [0.15, 0.2) is 18.5 Å². The molecule has 3 rings (SSSR count). The van der Waals surface area contributed by atoms with Crippen molar-refractivity contribution in [3.05, 3.63) is 24.2 Å². The summed E-state index contributed by atoms with van der Waals surface area (Å²) in [4.78, 5) is 17.1. The molecule has 2 heterocycles. The SMILES string of the molecule is CC(O)CNc1ncc(-c2ccnc(N)n2)c(CC2CC2)n1. The Morgan fingerprint density at radius 1 is 1.36 bits per heavy atom. The van der Waals surface area contributed by atoms with Crippen LogP contribution in [0.25, 0.3) is 11.3 Å². The van der Waals surface area contributed by atoms with E-state index in [-0.39, 0.29) is 5.95 Å². The first kappa shape index (κ1) is 14.6. The van der Waals surface area contributed by atoms with Crippen LogP contribution in [-0.4, -0.2) is 37.7 Å². The van der Waals surface area contributed by atoms with E-state index in [9.17, 15) is 5.11 Å². The standard InChI is InChI=1S/C15H20N6O/c1-9(22)7-18-15-19-8-11(12-4-5-17-14(16)20-12)13(21-15)6-10-2-3-10/h4-5,8-10,22H,2-3,6-7H2,1H3,(H2,16,17,20)(H,18,19,21). The van der Waals surface area contributed by atoms with Crippen LogP contribution in [-0.2, 0) is 6.42 Å². The van der Waals surface area contributed by atoms with E-state index in [4.69, 9.17) is 5.73 Å². The van der Waals surface area contributed by atoms with Gasteiger partial charge in [-0.15, -0.1) is 0 Å². The molecular formula is C15H20N6O. The molecule has 2 aromatic rings. The third-order valence-corrected chi connectivity index (χ3v) is 3.55. The molecule has 7 nitrogen and oxygen atoms in total. The van der Waals surface area contributed by atoms with E-state index in [2.05, 4.69) is 25.3 Å². The Labute approximate surface area is 129 Å². The topological polar surface area (TPSA) is 110 Å². The van der Waals surface area contributed by atoms with E-state index < -0.39 is 6.10 Å². The summed E-state index contributed by atoms with van der Waals surface area (Å²) >= 11 is 0. The predicted octanol–water partition coefficient (Wildman–Crippen LogP) is 1.26. The number of rotatable bonds is 6. The molecule has 1 saturated carbocycles. The highest BCUT2D eigenvalue weighted by atomic mass is 16.3. The molecule has 0 spiro atoms. The van der Waals surface area contributed by atoms with Crippen molar-refractivity contribution in [2.45, 2.75) is 32.3 Å². The summed E-state index contributed by atoms with van der Waals surface area (Å²) in [6.07, 6.45) is 6.34. The summed E-state index contributed by atoms with van der Waals surface area (Å²) in [6, 6.07) is 1.81. The fraction of sp³-hybridized carbons (Fsp3) is 0.467. The maximum absolute atomic E-state index is 9.35. The molecular weight excluding hydrogens is 280 g/mol. The van der Waals surface area contributed by atoms with Crippen molar-refractivity contribution in [3.8, 4) is 11.3 Å². The van der Waals surface area contributed by atoms with Crippen molar-refractivity contribution >= 4 is 11.9 Å². The minimum absolute atomic E-state index is 0.242. The average molecular weight is 300 g/mol. The normalized spacial score (nSPS) is 15.5. The Morgan fingerprint density at radius 3 is 2.86 bits per heavy atom. The number of nitrogens with two attached hydrogens (primary N) is 1. The van der Waals surface area contributed by atoms with E-state index >= 15 is 0 Å². The molecule has 0 aliphatic heterocycles. The van der Waals surface area contributed by atoms with E-state index in [1.807, 2.05) is 6.07 Å². The van der Waals surface area contributed by atoms with Crippen molar-refractivity contribution in [3.63, 3.8) is 0 Å². The summed E-state index contributed by atoms with van der Waals surface area (Å²) in [5, 5.41) is 12.4. The number of aromatic nitrogens is 4. The van der Waals surface area contributed by atoms with Gasteiger partial charge in [0.2, 0.25) is 11.9 Å². The Morgan fingerprint density at radius 2 is 2.18 bits per heavy atom. The van der Waals surface area contributed by atoms with Gasteiger partial charge in [0.25, 0.3) is 0 Å². The van der Waals surface area contributed by atoms with E-state index in [0.717, 1.165) is 23.4 Å². The van der Waals surface area contributed by atoms with Crippen LogP contribution in [0, 0.1) is 5.92 Å². The lowest BCUT2D eigenvalue weighted by molar-refractivity contribution is 0.208.